The van der Waals surface area contributed by atoms with E-state index in [1.807, 2.05) is 0 Å². The van der Waals surface area contributed by atoms with Crippen LogP contribution in [0.1, 0.15) is 0 Å². The highest BCUT2D eigenvalue weighted by molar-refractivity contribution is 6.35. The number of carboxylic acids is 2. The van der Waals surface area contributed by atoms with E-state index in [-0.39, 0.29) is 0 Å². The Morgan fingerprint density at radius 2 is 1.42 bits per heavy atom. The molecule has 7 nitrogen and oxygen atoms in total. The van der Waals surface area contributed by atoms with Gasteiger partial charge in [-0.25, -0.2) is 9.59 Å². The molecule has 68 valence electrons. The molecule has 0 atom stereocenters. The molecule has 8 heteroatoms. The topological polar surface area (TPSA) is 113 Å². The van der Waals surface area contributed by atoms with Crippen molar-refractivity contribution in [3.63, 3.8) is 0 Å². The van der Waals surface area contributed by atoms with Crippen molar-refractivity contribution in [1.29, 1.82) is 0 Å². The molecule has 0 amide bonds. The normalized spacial score (nSPS) is 9.42. The lowest BCUT2D eigenvalue weighted by molar-refractivity contribution is -0.141. The van der Waals surface area contributed by atoms with Gasteiger partial charge in [-0.1, -0.05) is 0 Å². The molecule has 0 fully saturated rings. The Kier molecular flexibility index (Phi) is 5.01. The third-order valence-electron chi connectivity index (χ3n) is 0.699. The lowest BCUT2D eigenvalue weighted by atomic mass is 10.2. The largest absolute Gasteiger partial charge is 0.637 e. The van der Waals surface area contributed by atoms with Gasteiger partial charge in [0.25, 0.3) is 0 Å². The maximum absolute atomic E-state index is 9.83. The van der Waals surface area contributed by atoms with E-state index in [1.54, 1.807) is 0 Å². The Labute approximate surface area is 67.7 Å². The van der Waals surface area contributed by atoms with Crippen LogP contribution in [0.2, 0.25) is 0 Å². The van der Waals surface area contributed by atoms with Gasteiger partial charge in [-0.3, -0.25) is 0 Å². The van der Waals surface area contributed by atoms with Crippen LogP contribution in [0.25, 0.3) is 0 Å². The maximum atomic E-state index is 9.83. The van der Waals surface area contributed by atoms with Gasteiger partial charge in [0.1, 0.15) is 13.2 Å². The highest BCUT2D eigenvalue weighted by atomic mass is 16.7. The van der Waals surface area contributed by atoms with Gasteiger partial charge in [0, 0.05) is 0 Å². The van der Waals surface area contributed by atoms with Crippen LogP contribution in [-0.4, -0.2) is 47.7 Å². The molecule has 0 saturated carbocycles. The van der Waals surface area contributed by atoms with Crippen LogP contribution in [-0.2, 0) is 18.9 Å². The third kappa shape index (κ3) is 7.00. The van der Waals surface area contributed by atoms with E-state index in [0.29, 0.717) is 0 Å². The smallest absolute Gasteiger partial charge is 0.480 e. The van der Waals surface area contributed by atoms with Crippen molar-refractivity contribution in [2.75, 3.05) is 13.2 Å². The van der Waals surface area contributed by atoms with Crippen LogP contribution in [0.15, 0.2) is 0 Å². The average molecular weight is 178 g/mol. The quantitative estimate of drug-likeness (QED) is 0.409. The van der Waals surface area contributed by atoms with Crippen molar-refractivity contribution >= 4 is 19.3 Å². The first kappa shape index (κ1) is 10.9. The molecule has 0 heterocycles. The number of carboxylic acid groups (broad SMARTS) is 2. The van der Waals surface area contributed by atoms with Crippen molar-refractivity contribution in [3.8, 4) is 0 Å². The van der Waals surface area contributed by atoms with E-state index < -0.39 is 32.5 Å². The minimum Gasteiger partial charge on any atom is -0.480 e. The van der Waals surface area contributed by atoms with Gasteiger partial charge < -0.3 is 24.5 Å². The summed E-state index contributed by atoms with van der Waals surface area (Å²) in [5.41, 5.74) is 0. The second-order valence-corrected chi connectivity index (χ2v) is 1.72. The maximum Gasteiger partial charge on any atom is 0.637 e. The molecule has 0 saturated heterocycles. The molecule has 0 bridgehead atoms. The van der Waals surface area contributed by atoms with E-state index in [9.17, 15) is 9.59 Å². The van der Waals surface area contributed by atoms with Crippen molar-refractivity contribution < 1.29 is 34.1 Å². The SMILES string of the molecule is O=C(O)COB(O)OCC(=O)O. The van der Waals surface area contributed by atoms with Crippen LogP contribution in [0, 0.1) is 0 Å². The van der Waals surface area contributed by atoms with Crippen molar-refractivity contribution in [2.45, 2.75) is 0 Å². The van der Waals surface area contributed by atoms with Gasteiger partial charge in [0.2, 0.25) is 0 Å². The monoisotopic (exact) mass is 178 g/mol. The summed E-state index contributed by atoms with van der Waals surface area (Å²) in [6.07, 6.45) is 0. The van der Waals surface area contributed by atoms with E-state index in [1.165, 1.54) is 0 Å². The zero-order valence-corrected chi connectivity index (χ0v) is 5.97. The van der Waals surface area contributed by atoms with E-state index in [2.05, 4.69) is 9.31 Å². The van der Waals surface area contributed by atoms with Crippen LogP contribution in [0.3, 0.4) is 0 Å². The van der Waals surface area contributed by atoms with Crippen LogP contribution in [0.4, 0.5) is 0 Å². The highest BCUT2D eigenvalue weighted by Crippen LogP contribution is 1.84. The summed E-state index contributed by atoms with van der Waals surface area (Å²) in [5.74, 6) is -2.57. The molecule has 3 N–H and O–H groups in total. The predicted octanol–water partition coefficient (Wildman–Crippen LogP) is -1.83. The van der Waals surface area contributed by atoms with Crippen molar-refractivity contribution in [2.24, 2.45) is 0 Å². The first-order chi connectivity index (χ1) is 5.52. The van der Waals surface area contributed by atoms with E-state index in [4.69, 9.17) is 15.2 Å². The summed E-state index contributed by atoms with van der Waals surface area (Å²) < 4.78 is 8.25. The molecule has 0 aliphatic carbocycles. The van der Waals surface area contributed by atoms with Gasteiger partial charge in [-0.2, -0.15) is 0 Å². The Balaban J connectivity index is 3.39. The molecule has 0 spiro atoms. The molecule has 0 radical (unpaired) electrons. The van der Waals surface area contributed by atoms with Crippen LogP contribution < -0.4 is 0 Å². The number of hydrogen-bond acceptors (Lipinski definition) is 5. The lowest BCUT2D eigenvalue weighted by Crippen LogP contribution is -2.28. The number of aliphatic carboxylic acids is 2. The summed E-state index contributed by atoms with van der Waals surface area (Å²) in [6.45, 7) is -1.50. The molecule has 12 heavy (non-hydrogen) atoms. The van der Waals surface area contributed by atoms with E-state index >= 15 is 0 Å². The van der Waals surface area contributed by atoms with Gasteiger partial charge in [-0.15, -0.1) is 0 Å². The first-order valence-corrected chi connectivity index (χ1v) is 2.87. The first-order valence-electron chi connectivity index (χ1n) is 2.87. The Morgan fingerprint density at radius 3 is 1.67 bits per heavy atom. The fourth-order valence-electron chi connectivity index (χ4n) is 0.333. The molecule has 0 aliphatic rings. The lowest BCUT2D eigenvalue weighted by Gasteiger charge is -2.03. The Hall–Kier alpha value is -1.12. The Bertz CT molecular complexity index is 151. The molecular formula is C4H7BO7. The molecule has 0 aromatic rings. The Morgan fingerprint density at radius 1 is 1.08 bits per heavy atom. The minimum absolute atomic E-state index is 0.749. The third-order valence-corrected chi connectivity index (χ3v) is 0.699. The minimum atomic E-state index is -1.82. The number of rotatable bonds is 6. The highest BCUT2D eigenvalue weighted by Gasteiger charge is 2.18. The van der Waals surface area contributed by atoms with Gasteiger partial charge in [-0.05, 0) is 0 Å². The number of hydrogen-bond donors (Lipinski definition) is 3. The molecule has 0 rings (SSSR count). The average Bonchev–Trinajstić information content (AvgIpc) is 1.96. The molecular weight excluding hydrogens is 171 g/mol. The van der Waals surface area contributed by atoms with Gasteiger partial charge in [0.05, 0.1) is 0 Å². The number of carbonyl (C=O) groups is 2. The zero-order valence-electron chi connectivity index (χ0n) is 5.97. The van der Waals surface area contributed by atoms with Crippen molar-refractivity contribution in [3.05, 3.63) is 0 Å². The fraction of sp³-hybridized carbons (Fsp3) is 0.500. The van der Waals surface area contributed by atoms with Crippen LogP contribution in [0.5, 0.6) is 0 Å². The van der Waals surface area contributed by atoms with Gasteiger partial charge in [0.15, 0.2) is 0 Å². The van der Waals surface area contributed by atoms with Crippen molar-refractivity contribution in [1.82, 2.24) is 0 Å². The predicted molar refractivity (Wildman–Crippen MR) is 35.1 cm³/mol. The molecule has 0 aromatic heterocycles. The zero-order chi connectivity index (χ0) is 9.56. The summed E-state index contributed by atoms with van der Waals surface area (Å²) in [4.78, 5) is 19.7. The molecule has 0 aliphatic heterocycles. The second kappa shape index (κ2) is 5.52. The second-order valence-electron chi connectivity index (χ2n) is 1.72. The van der Waals surface area contributed by atoms with E-state index in [0.717, 1.165) is 0 Å². The summed E-state index contributed by atoms with van der Waals surface area (Å²) in [6, 6.07) is 0. The summed E-state index contributed by atoms with van der Waals surface area (Å²) >= 11 is 0. The van der Waals surface area contributed by atoms with Gasteiger partial charge >= 0.3 is 19.3 Å². The van der Waals surface area contributed by atoms with Crippen LogP contribution >= 0.6 is 0 Å². The summed E-state index contributed by atoms with van der Waals surface area (Å²) in [5, 5.41) is 24.6. The summed E-state index contributed by atoms with van der Waals surface area (Å²) in [7, 11) is -1.82. The fourth-order valence-corrected chi connectivity index (χ4v) is 0.333. The standard InChI is InChI=1S/C4H7BO7/c6-3(7)1-11-5(10)12-2-4(8)9/h10H,1-2H2,(H,6,7)(H,8,9). The molecule has 0 aromatic carbocycles. The molecule has 0 unspecified atom stereocenters.